The van der Waals surface area contributed by atoms with Gasteiger partial charge >= 0.3 is 0 Å². The summed E-state index contributed by atoms with van der Waals surface area (Å²) in [4.78, 5) is 1.74. The molecule has 80 valence electrons. The van der Waals surface area contributed by atoms with E-state index in [9.17, 15) is 4.39 Å². The molecular weight excluding hydrogens is 177 g/mol. The molecule has 0 aromatic carbocycles. The van der Waals surface area contributed by atoms with E-state index in [0.29, 0.717) is 17.9 Å². The van der Waals surface area contributed by atoms with Crippen molar-refractivity contribution in [3.8, 4) is 0 Å². The van der Waals surface area contributed by atoms with E-state index >= 15 is 0 Å². The number of rotatable bonds is 4. The Balaban J connectivity index is 4.57. The Morgan fingerprint density at radius 2 is 1.79 bits per heavy atom. The highest BCUT2D eigenvalue weighted by Crippen LogP contribution is 2.12. The zero-order chi connectivity index (χ0) is 11.1. The van der Waals surface area contributed by atoms with Gasteiger partial charge < -0.3 is 4.90 Å². The lowest BCUT2D eigenvalue weighted by atomic mass is 10.0. The average Bonchev–Trinajstić information content (AvgIpc) is 2.11. The van der Waals surface area contributed by atoms with Gasteiger partial charge in [-0.1, -0.05) is 26.0 Å². The zero-order valence-corrected chi connectivity index (χ0v) is 9.71. The third-order valence-electron chi connectivity index (χ3n) is 2.07. The summed E-state index contributed by atoms with van der Waals surface area (Å²) in [7, 11) is 3.64. The van der Waals surface area contributed by atoms with Gasteiger partial charge in [-0.05, 0) is 24.5 Å². The van der Waals surface area contributed by atoms with Crippen LogP contribution in [0.15, 0.2) is 35.8 Å². The van der Waals surface area contributed by atoms with Crippen LogP contribution in [0.4, 0.5) is 4.39 Å². The SMILES string of the molecule is C\C=C(/C=C\C(=C\F)N(C)C)C(C)C. The molecule has 0 atom stereocenters. The molecule has 0 spiro atoms. The first-order chi connectivity index (χ1) is 6.52. The highest BCUT2D eigenvalue weighted by molar-refractivity contribution is 5.26. The summed E-state index contributed by atoms with van der Waals surface area (Å²) < 4.78 is 12.4. The fourth-order valence-corrected chi connectivity index (χ4v) is 1.09. The molecule has 1 nitrogen and oxygen atoms in total. The van der Waals surface area contributed by atoms with Crippen molar-refractivity contribution in [2.24, 2.45) is 5.92 Å². The third kappa shape index (κ3) is 4.26. The quantitative estimate of drug-likeness (QED) is 0.623. The maximum Gasteiger partial charge on any atom is 0.110 e. The van der Waals surface area contributed by atoms with E-state index < -0.39 is 0 Å². The first-order valence-electron chi connectivity index (χ1n) is 4.85. The van der Waals surface area contributed by atoms with Gasteiger partial charge in [-0.15, -0.1) is 0 Å². The first kappa shape index (κ1) is 12.9. The first-order valence-corrected chi connectivity index (χ1v) is 4.85. The van der Waals surface area contributed by atoms with Crippen LogP contribution in [0.25, 0.3) is 0 Å². The fraction of sp³-hybridized carbons (Fsp3) is 0.500. The summed E-state index contributed by atoms with van der Waals surface area (Å²) in [5, 5.41) is 0. The van der Waals surface area contributed by atoms with E-state index in [1.54, 1.807) is 11.0 Å². The lowest BCUT2D eigenvalue weighted by Crippen LogP contribution is -2.08. The Morgan fingerprint density at radius 1 is 1.21 bits per heavy atom. The molecule has 0 saturated carbocycles. The Hall–Kier alpha value is -1.05. The average molecular weight is 197 g/mol. The van der Waals surface area contributed by atoms with Gasteiger partial charge in [0, 0.05) is 14.1 Å². The molecule has 0 unspecified atom stereocenters. The molecule has 0 aliphatic heterocycles. The molecule has 0 aromatic heterocycles. The number of allylic oxidation sites excluding steroid dienone is 4. The molecule has 0 amide bonds. The van der Waals surface area contributed by atoms with E-state index in [1.165, 1.54) is 5.57 Å². The molecule has 0 aliphatic rings. The highest BCUT2D eigenvalue weighted by Gasteiger charge is 1.98. The molecule has 0 bridgehead atoms. The standard InChI is InChI=1S/C12H20FN/c1-6-11(10(2)3)7-8-12(9-13)14(4)5/h6-10H,1-5H3/b8-7-,11-6+,12-9-. The van der Waals surface area contributed by atoms with Gasteiger partial charge in [-0.2, -0.15) is 0 Å². The molecule has 0 radical (unpaired) electrons. The van der Waals surface area contributed by atoms with Gasteiger partial charge in [0.1, 0.15) is 6.33 Å². The van der Waals surface area contributed by atoms with Crippen LogP contribution >= 0.6 is 0 Å². The molecule has 2 heteroatoms. The minimum Gasteiger partial charge on any atom is -0.376 e. The molecule has 0 fully saturated rings. The Bertz CT molecular complexity index is 221. The lowest BCUT2D eigenvalue weighted by Gasteiger charge is -2.12. The maximum atomic E-state index is 12.4. The second-order valence-electron chi connectivity index (χ2n) is 3.71. The summed E-state index contributed by atoms with van der Waals surface area (Å²) in [6, 6.07) is 0. The van der Waals surface area contributed by atoms with Crippen molar-refractivity contribution in [3.05, 3.63) is 35.8 Å². The van der Waals surface area contributed by atoms with Gasteiger partial charge in [0.25, 0.3) is 0 Å². The molecule has 14 heavy (non-hydrogen) atoms. The van der Waals surface area contributed by atoms with Crippen LogP contribution in [-0.4, -0.2) is 19.0 Å². The zero-order valence-electron chi connectivity index (χ0n) is 9.71. The molecule has 0 aromatic rings. The Kier molecular flexibility index (Phi) is 5.93. The minimum absolute atomic E-state index is 0.472. The Labute approximate surface area is 86.6 Å². The summed E-state index contributed by atoms with van der Waals surface area (Å²) in [5.74, 6) is 0.472. The van der Waals surface area contributed by atoms with Gasteiger partial charge in [0.05, 0.1) is 5.70 Å². The molecule has 0 heterocycles. The second-order valence-corrected chi connectivity index (χ2v) is 3.71. The number of hydrogen-bond donors (Lipinski definition) is 0. The van der Waals surface area contributed by atoms with Crippen molar-refractivity contribution < 1.29 is 4.39 Å². The predicted molar refractivity (Wildman–Crippen MR) is 60.6 cm³/mol. The summed E-state index contributed by atoms with van der Waals surface area (Å²) in [6.45, 7) is 6.23. The molecule has 0 saturated heterocycles. The third-order valence-corrected chi connectivity index (χ3v) is 2.07. The lowest BCUT2D eigenvalue weighted by molar-refractivity contribution is 0.509. The van der Waals surface area contributed by atoms with Gasteiger partial charge in [0.15, 0.2) is 0 Å². The largest absolute Gasteiger partial charge is 0.376 e. The van der Waals surface area contributed by atoms with Crippen LogP contribution < -0.4 is 0 Å². The monoisotopic (exact) mass is 197 g/mol. The van der Waals surface area contributed by atoms with Crippen LogP contribution in [0.3, 0.4) is 0 Å². The molecule has 0 aliphatic carbocycles. The van der Waals surface area contributed by atoms with Crippen molar-refractivity contribution in [2.45, 2.75) is 20.8 Å². The fourth-order valence-electron chi connectivity index (χ4n) is 1.09. The second kappa shape index (κ2) is 6.41. The number of halogens is 1. The van der Waals surface area contributed by atoms with Crippen molar-refractivity contribution in [1.29, 1.82) is 0 Å². The van der Waals surface area contributed by atoms with Crippen LogP contribution in [0.2, 0.25) is 0 Å². The Morgan fingerprint density at radius 3 is 2.07 bits per heavy atom. The summed E-state index contributed by atoms with van der Waals surface area (Å²) >= 11 is 0. The summed E-state index contributed by atoms with van der Waals surface area (Å²) in [5.41, 5.74) is 1.79. The van der Waals surface area contributed by atoms with E-state index in [0.717, 1.165) is 0 Å². The molecule has 0 rings (SSSR count). The number of nitrogens with zero attached hydrogens (tertiary/aromatic N) is 1. The van der Waals surface area contributed by atoms with Crippen molar-refractivity contribution in [2.75, 3.05) is 14.1 Å². The van der Waals surface area contributed by atoms with Gasteiger partial charge in [-0.25, -0.2) is 4.39 Å². The molecular formula is C12H20FN. The smallest absolute Gasteiger partial charge is 0.110 e. The molecule has 0 N–H and O–H groups in total. The van der Waals surface area contributed by atoms with Gasteiger partial charge in [-0.3, -0.25) is 0 Å². The number of likely N-dealkylation sites (N-methyl/N-ethyl adjacent to an activating group) is 1. The van der Waals surface area contributed by atoms with E-state index in [2.05, 4.69) is 13.8 Å². The summed E-state index contributed by atoms with van der Waals surface area (Å²) in [6.07, 6.45) is 6.40. The maximum absolute atomic E-state index is 12.4. The highest BCUT2D eigenvalue weighted by atomic mass is 19.1. The van der Waals surface area contributed by atoms with Crippen molar-refractivity contribution in [1.82, 2.24) is 4.90 Å². The minimum atomic E-state index is 0.472. The van der Waals surface area contributed by atoms with E-state index in [-0.39, 0.29) is 0 Å². The van der Waals surface area contributed by atoms with E-state index in [4.69, 9.17) is 0 Å². The van der Waals surface area contributed by atoms with Crippen molar-refractivity contribution in [3.63, 3.8) is 0 Å². The van der Waals surface area contributed by atoms with E-state index in [1.807, 2.05) is 33.2 Å². The van der Waals surface area contributed by atoms with Crippen LogP contribution in [-0.2, 0) is 0 Å². The van der Waals surface area contributed by atoms with Crippen molar-refractivity contribution >= 4 is 0 Å². The van der Waals surface area contributed by atoms with Crippen LogP contribution in [0.5, 0.6) is 0 Å². The van der Waals surface area contributed by atoms with Crippen LogP contribution in [0.1, 0.15) is 20.8 Å². The topological polar surface area (TPSA) is 3.24 Å². The van der Waals surface area contributed by atoms with Gasteiger partial charge in [0.2, 0.25) is 0 Å². The normalized spacial score (nSPS) is 14.2. The van der Waals surface area contributed by atoms with Crippen LogP contribution in [0, 0.1) is 5.92 Å². The predicted octanol–water partition coefficient (Wildman–Crippen LogP) is 3.52. The number of hydrogen-bond acceptors (Lipinski definition) is 1.